The van der Waals surface area contributed by atoms with Crippen LogP contribution in [0.5, 0.6) is 0 Å². The molecule has 170 valence electrons. The zero-order valence-corrected chi connectivity index (χ0v) is 21.3. The summed E-state index contributed by atoms with van der Waals surface area (Å²) in [4.78, 5) is 0. The van der Waals surface area contributed by atoms with Crippen LogP contribution in [0.2, 0.25) is 0 Å². The van der Waals surface area contributed by atoms with E-state index in [1.807, 2.05) is 112 Å². The largest absolute Gasteiger partial charge is 0.301 e. The minimum Gasteiger partial charge on any atom is -0.270 e. The van der Waals surface area contributed by atoms with Gasteiger partial charge in [0.05, 0.1) is 16.7 Å². The van der Waals surface area contributed by atoms with Gasteiger partial charge in [0.15, 0.2) is 0 Å². The van der Waals surface area contributed by atoms with Crippen LogP contribution in [0.1, 0.15) is 0 Å². The first-order valence-electron chi connectivity index (χ1n) is 11.4. The van der Waals surface area contributed by atoms with E-state index in [1.54, 1.807) is 0 Å². The Kier molecular flexibility index (Phi) is 5.56. The lowest BCUT2D eigenvalue weighted by atomic mass is 10.1. The zero-order chi connectivity index (χ0) is 23.8. The summed E-state index contributed by atoms with van der Waals surface area (Å²) in [6.45, 7) is 0. The van der Waals surface area contributed by atoms with Gasteiger partial charge in [0.25, 0.3) is 0 Å². The molecule has 5 heteroatoms. The van der Waals surface area contributed by atoms with E-state index >= 15 is 4.57 Å². The number of hydrogen-bond acceptors (Lipinski definition) is 1. The molecular weight excluding hydrogens is 515 g/mol. The van der Waals surface area contributed by atoms with Gasteiger partial charge in [-0.05, 0) is 65.7 Å². The fraction of sp³-hybridized carbons (Fsp3) is 0. The lowest BCUT2D eigenvalue weighted by Crippen LogP contribution is -2.26. The van der Waals surface area contributed by atoms with Gasteiger partial charge >= 0.3 is 7.44 Å². The molecule has 1 atom stereocenters. The van der Waals surface area contributed by atoms with Crippen molar-refractivity contribution in [1.82, 2.24) is 0 Å². The lowest BCUT2D eigenvalue weighted by Gasteiger charge is -2.33. The number of benzene rings is 5. The minimum atomic E-state index is -3.35. The Morgan fingerprint density at radius 2 is 1.00 bits per heavy atom. The molecule has 0 aliphatic carbocycles. The normalized spacial score (nSPS) is 16.8. The molecule has 0 spiro atoms. The third-order valence-corrected chi connectivity index (χ3v) is 9.69. The topological polar surface area (TPSA) is 23.6 Å². The molecule has 5 aromatic carbocycles. The third-order valence-electron chi connectivity index (χ3n) is 6.25. The Bertz CT molecular complexity index is 1520. The van der Waals surface area contributed by atoms with Crippen LogP contribution in [0, 0.1) is 0 Å². The van der Waals surface area contributed by atoms with Gasteiger partial charge in [-0.15, -0.1) is 0 Å². The summed E-state index contributed by atoms with van der Waals surface area (Å²) in [5.74, 6) is 0. The Morgan fingerprint density at radius 1 is 0.514 bits per heavy atom. The van der Waals surface area contributed by atoms with Crippen molar-refractivity contribution < 1.29 is 4.57 Å². The summed E-state index contributed by atoms with van der Waals surface area (Å²) in [5, 5.41) is 0.775. The maximum absolute atomic E-state index is 15.5. The van der Waals surface area contributed by atoms with Crippen LogP contribution in [-0.2, 0) is 4.57 Å². The van der Waals surface area contributed by atoms with Crippen molar-refractivity contribution in [3.63, 3.8) is 0 Å². The van der Waals surface area contributed by atoms with Gasteiger partial charge in [0, 0.05) is 15.8 Å². The zero-order valence-electron chi connectivity index (χ0n) is 18.8. The highest BCUT2D eigenvalue weighted by Crippen LogP contribution is 2.70. The van der Waals surface area contributed by atoms with Crippen LogP contribution >= 0.6 is 23.4 Å². The molecular formula is C30H22BrN2OP. The molecule has 1 aliphatic heterocycles. The summed E-state index contributed by atoms with van der Waals surface area (Å²) in [7, 11) is -3.35. The van der Waals surface area contributed by atoms with E-state index in [4.69, 9.17) is 0 Å². The fourth-order valence-corrected chi connectivity index (χ4v) is 8.00. The Hall–Kier alpha value is -3.59. The van der Waals surface area contributed by atoms with E-state index in [1.165, 1.54) is 0 Å². The molecule has 3 nitrogen and oxygen atoms in total. The van der Waals surface area contributed by atoms with Crippen LogP contribution < -0.4 is 14.6 Å². The average Bonchev–Trinajstić information content (AvgIpc) is 3.18. The van der Waals surface area contributed by atoms with Crippen molar-refractivity contribution >= 4 is 51.4 Å². The first kappa shape index (κ1) is 21.9. The van der Waals surface area contributed by atoms with Crippen molar-refractivity contribution in [2.24, 2.45) is 0 Å². The highest BCUT2D eigenvalue weighted by atomic mass is 79.9. The van der Waals surface area contributed by atoms with Crippen LogP contribution in [-0.4, -0.2) is 0 Å². The summed E-state index contributed by atoms with van der Waals surface area (Å²) >= 11 is 3.64. The second-order valence-electron chi connectivity index (χ2n) is 8.38. The standard InChI is InChI=1S/C30H22BrN2OP/c31-25-18-21-29-30(22-25)33(27-14-8-3-9-15-27)35(34,32(29)26-12-6-2-7-13-26)28-19-16-24(17-20-28)23-10-4-1-5-11-23/h1-22H. The molecule has 0 bridgehead atoms. The SMILES string of the molecule is O=P1(c2ccc(-c3ccccc3)cc2)N(c2ccccc2)c2ccc(Br)cc2N1c1ccccc1. The number of para-hydroxylation sites is 2. The molecule has 0 N–H and O–H groups in total. The summed E-state index contributed by atoms with van der Waals surface area (Å²) < 4.78 is 20.5. The van der Waals surface area contributed by atoms with E-state index in [-0.39, 0.29) is 0 Å². The molecule has 1 unspecified atom stereocenters. The van der Waals surface area contributed by atoms with E-state index in [0.29, 0.717) is 0 Å². The predicted molar refractivity (Wildman–Crippen MR) is 150 cm³/mol. The van der Waals surface area contributed by atoms with E-state index in [2.05, 4.69) is 46.3 Å². The summed E-state index contributed by atoms with van der Waals surface area (Å²) in [6.07, 6.45) is 0. The third kappa shape index (κ3) is 3.70. The minimum absolute atomic E-state index is 0.775. The highest BCUT2D eigenvalue weighted by Gasteiger charge is 2.49. The Morgan fingerprint density at radius 3 is 1.57 bits per heavy atom. The summed E-state index contributed by atoms with van der Waals surface area (Å²) in [6, 6.07) is 44.5. The van der Waals surface area contributed by atoms with Crippen LogP contribution in [0.3, 0.4) is 0 Å². The number of rotatable bonds is 4. The van der Waals surface area contributed by atoms with Crippen molar-refractivity contribution in [1.29, 1.82) is 0 Å². The maximum atomic E-state index is 15.5. The van der Waals surface area contributed by atoms with Crippen LogP contribution in [0.25, 0.3) is 11.1 Å². The van der Waals surface area contributed by atoms with Crippen molar-refractivity contribution in [2.75, 3.05) is 9.34 Å². The van der Waals surface area contributed by atoms with Gasteiger partial charge in [-0.2, -0.15) is 0 Å². The number of halogens is 1. The Labute approximate surface area is 213 Å². The molecule has 0 fully saturated rings. The molecule has 5 aromatic rings. The molecule has 0 saturated carbocycles. The van der Waals surface area contributed by atoms with Gasteiger partial charge < -0.3 is 0 Å². The number of nitrogens with zero attached hydrogens (tertiary/aromatic N) is 2. The first-order chi connectivity index (χ1) is 17.2. The monoisotopic (exact) mass is 536 g/mol. The van der Waals surface area contributed by atoms with Gasteiger partial charge in [0.2, 0.25) is 0 Å². The van der Waals surface area contributed by atoms with E-state index < -0.39 is 7.44 Å². The lowest BCUT2D eigenvalue weighted by molar-refractivity contribution is 0.582. The van der Waals surface area contributed by atoms with E-state index in [0.717, 1.165) is 43.7 Å². The average molecular weight is 537 g/mol. The summed E-state index contributed by atoms with van der Waals surface area (Å²) in [5.41, 5.74) is 5.84. The van der Waals surface area contributed by atoms with Crippen LogP contribution in [0.15, 0.2) is 138 Å². The van der Waals surface area contributed by atoms with Crippen molar-refractivity contribution in [3.05, 3.63) is 138 Å². The second kappa shape index (κ2) is 8.88. The molecule has 6 rings (SSSR count). The Balaban J connectivity index is 1.59. The number of anilines is 4. The number of fused-ring (bicyclic) bond motifs is 1. The van der Waals surface area contributed by atoms with Gasteiger partial charge in [-0.3, -0.25) is 13.9 Å². The fourth-order valence-electron chi connectivity index (χ4n) is 4.67. The maximum Gasteiger partial charge on any atom is 0.301 e. The van der Waals surface area contributed by atoms with Gasteiger partial charge in [-0.25, -0.2) is 0 Å². The molecule has 1 heterocycles. The first-order valence-corrected chi connectivity index (χ1v) is 13.8. The molecule has 0 aromatic heterocycles. The molecule has 1 aliphatic rings. The van der Waals surface area contributed by atoms with Gasteiger partial charge in [-0.1, -0.05) is 94.8 Å². The molecule has 0 saturated heterocycles. The molecule has 0 amide bonds. The highest BCUT2D eigenvalue weighted by molar-refractivity contribution is 9.10. The molecule has 35 heavy (non-hydrogen) atoms. The van der Waals surface area contributed by atoms with Crippen molar-refractivity contribution in [3.8, 4) is 11.1 Å². The van der Waals surface area contributed by atoms with Crippen LogP contribution in [0.4, 0.5) is 22.7 Å². The quantitative estimate of drug-likeness (QED) is 0.214. The predicted octanol–water partition coefficient (Wildman–Crippen LogP) is 8.92. The van der Waals surface area contributed by atoms with E-state index in [9.17, 15) is 0 Å². The smallest absolute Gasteiger partial charge is 0.270 e. The van der Waals surface area contributed by atoms with Crippen molar-refractivity contribution in [2.45, 2.75) is 0 Å². The number of hydrogen-bond donors (Lipinski definition) is 0. The second-order valence-corrected chi connectivity index (χ2v) is 11.7. The van der Waals surface area contributed by atoms with Gasteiger partial charge in [0.1, 0.15) is 0 Å². The molecule has 0 radical (unpaired) electrons.